The third-order valence-corrected chi connectivity index (χ3v) is 2.37. The molecule has 0 heterocycles. The molecule has 0 aliphatic heterocycles. The highest BCUT2D eigenvalue weighted by Crippen LogP contribution is 2.26. The van der Waals surface area contributed by atoms with Crippen LogP contribution in [0.1, 0.15) is 18.0 Å². The Labute approximate surface area is 88.5 Å². The van der Waals surface area contributed by atoms with Crippen LogP contribution in [0.3, 0.4) is 0 Å². The molecule has 74 valence electrons. The van der Waals surface area contributed by atoms with Crippen molar-refractivity contribution < 1.29 is 8.78 Å². The second-order valence-electron chi connectivity index (χ2n) is 2.73. The lowest BCUT2D eigenvalue weighted by molar-refractivity contribution is 0.524. The number of nitrogens with two attached hydrogens (primary N) is 1. The molecular weight excluding hydrogens is 254 g/mol. The first kappa shape index (κ1) is 11.1. The van der Waals surface area contributed by atoms with Crippen LogP contribution < -0.4 is 5.73 Å². The predicted octanol–water partition coefficient (Wildman–Crippen LogP) is 2.64. The van der Waals surface area contributed by atoms with Crippen LogP contribution in [0.15, 0.2) is 16.6 Å². The van der Waals surface area contributed by atoms with Gasteiger partial charge in [-0.2, -0.15) is 5.26 Å². The van der Waals surface area contributed by atoms with Crippen LogP contribution >= 0.6 is 15.9 Å². The minimum atomic E-state index is -0.933. The van der Waals surface area contributed by atoms with E-state index in [0.717, 1.165) is 6.07 Å². The molecule has 0 unspecified atom stereocenters. The molecule has 5 heteroatoms. The second kappa shape index (κ2) is 4.49. The average Bonchev–Trinajstić information content (AvgIpc) is 2.13. The Morgan fingerprint density at radius 3 is 2.71 bits per heavy atom. The lowest BCUT2D eigenvalue weighted by atomic mass is 10.0. The van der Waals surface area contributed by atoms with Crippen molar-refractivity contribution in [3.05, 3.63) is 33.8 Å². The Kier molecular flexibility index (Phi) is 3.55. The van der Waals surface area contributed by atoms with Gasteiger partial charge in [0.1, 0.15) is 11.6 Å². The monoisotopic (exact) mass is 260 g/mol. The van der Waals surface area contributed by atoms with Gasteiger partial charge >= 0.3 is 0 Å². The number of hydrogen-bond acceptors (Lipinski definition) is 2. The van der Waals surface area contributed by atoms with Crippen molar-refractivity contribution >= 4 is 15.9 Å². The highest BCUT2D eigenvalue weighted by atomic mass is 79.9. The number of nitriles is 1. The number of halogens is 3. The largest absolute Gasteiger partial charge is 0.323 e. The molecule has 0 saturated carbocycles. The molecule has 2 nitrogen and oxygen atoms in total. The normalized spacial score (nSPS) is 12.2. The van der Waals surface area contributed by atoms with Gasteiger partial charge in [0.2, 0.25) is 0 Å². The predicted molar refractivity (Wildman–Crippen MR) is 51.2 cm³/mol. The van der Waals surface area contributed by atoms with Crippen LogP contribution in [0, 0.1) is 23.0 Å². The molecule has 1 rings (SSSR count). The Morgan fingerprint density at radius 2 is 2.14 bits per heavy atom. The summed E-state index contributed by atoms with van der Waals surface area (Å²) in [4.78, 5) is 0. The van der Waals surface area contributed by atoms with Gasteiger partial charge in [0.15, 0.2) is 0 Å². The summed E-state index contributed by atoms with van der Waals surface area (Å²) in [6.07, 6.45) is -0.121. The highest BCUT2D eigenvalue weighted by molar-refractivity contribution is 9.10. The molecule has 0 aliphatic carbocycles. The van der Waals surface area contributed by atoms with E-state index in [9.17, 15) is 8.78 Å². The van der Waals surface area contributed by atoms with Gasteiger partial charge in [0, 0.05) is 11.6 Å². The zero-order valence-electron chi connectivity index (χ0n) is 7.10. The molecule has 0 aromatic heterocycles. The highest BCUT2D eigenvalue weighted by Gasteiger charge is 2.18. The van der Waals surface area contributed by atoms with Crippen LogP contribution in [-0.4, -0.2) is 0 Å². The summed E-state index contributed by atoms with van der Waals surface area (Å²) in [6, 6.07) is 3.20. The van der Waals surface area contributed by atoms with Crippen LogP contribution in [0.25, 0.3) is 0 Å². The molecule has 1 aromatic carbocycles. The minimum Gasteiger partial charge on any atom is -0.323 e. The first-order chi connectivity index (χ1) is 6.57. The van der Waals surface area contributed by atoms with Gasteiger partial charge < -0.3 is 5.73 Å². The lowest BCUT2D eigenvalue weighted by Gasteiger charge is -2.11. The topological polar surface area (TPSA) is 49.8 Å². The van der Waals surface area contributed by atoms with E-state index in [1.807, 2.05) is 0 Å². The zero-order valence-corrected chi connectivity index (χ0v) is 8.68. The fourth-order valence-corrected chi connectivity index (χ4v) is 1.43. The third kappa shape index (κ3) is 2.08. The molecule has 0 amide bonds. The van der Waals surface area contributed by atoms with E-state index in [1.54, 1.807) is 6.07 Å². The maximum atomic E-state index is 13.4. The molecule has 1 atom stereocenters. The van der Waals surface area contributed by atoms with Crippen molar-refractivity contribution in [2.24, 2.45) is 5.73 Å². The molecule has 0 radical (unpaired) electrons. The van der Waals surface area contributed by atoms with E-state index in [4.69, 9.17) is 11.0 Å². The van der Waals surface area contributed by atoms with Gasteiger partial charge in [-0.25, -0.2) is 8.78 Å². The Balaban J connectivity index is 3.19. The van der Waals surface area contributed by atoms with Crippen molar-refractivity contribution in [3.8, 4) is 6.07 Å². The van der Waals surface area contributed by atoms with Crippen molar-refractivity contribution in [2.75, 3.05) is 0 Å². The van der Waals surface area contributed by atoms with E-state index in [-0.39, 0.29) is 16.5 Å². The van der Waals surface area contributed by atoms with E-state index in [0.29, 0.717) is 0 Å². The fraction of sp³-hybridized carbons (Fsp3) is 0.222. The van der Waals surface area contributed by atoms with Gasteiger partial charge in [0.05, 0.1) is 17.0 Å². The first-order valence-electron chi connectivity index (χ1n) is 3.84. The molecule has 0 saturated heterocycles. The second-order valence-corrected chi connectivity index (χ2v) is 3.58. The quantitative estimate of drug-likeness (QED) is 0.832. The number of hydrogen-bond donors (Lipinski definition) is 1. The van der Waals surface area contributed by atoms with Gasteiger partial charge in [-0.15, -0.1) is 0 Å². The van der Waals surface area contributed by atoms with E-state index >= 15 is 0 Å². The van der Waals surface area contributed by atoms with Gasteiger partial charge in [-0.1, -0.05) is 0 Å². The van der Waals surface area contributed by atoms with Crippen molar-refractivity contribution in [1.29, 1.82) is 5.26 Å². The fourth-order valence-electron chi connectivity index (χ4n) is 1.08. The lowest BCUT2D eigenvalue weighted by Crippen LogP contribution is -2.13. The maximum Gasteiger partial charge on any atom is 0.145 e. The molecule has 0 fully saturated rings. The summed E-state index contributed by atoms with van der Waals surface area (Å²) >= 11 is 2.92. The van der Waals surface area contributed by atoms with Crippen molar-refractivity contribution in [1.82, 2.24) is 0 Å². The van der Waals surface area contributed by atoms with Crippen molar-refractivity contribution in [3.63, 3.8) is 0 Å². The molecule has 1 aromatic rings. The van der Waals surface area contributed by atoms with Gasteiger partial charge in [-0.05, 0) is 28.1 Å². The van der Waals surface area contributed by atoms with Crippen molar-refractivity contribution in [2.45, 2.75) is 12.5 Å². The molecule has 0 spiro atoms. The Morgan fingerprint density at radius 1 is 1.50 bits per heavy atom. The van der Waals surface area contributed by atoms with E-state index in [2.05, 4.69) is 15.9 Å². The number of rotatable bonds is 2. The summed E-state index contributed by atoms with van der Waals surface area (Å²) in [6.45, 7) is 0. The van der Waals surface area contributed by atoms with Crippen LogP contribution in [-0.2, 0) is 0 Å². The molecule has 14 heavy (non-hydrogen) atoms. The summed E-state index contributed by atoms with van der Waals surface area (Å²) in [5.41, 5.74) is 5.20. The maximum absolute atomic E-state index is 13.4. The Bertz CT molecular complexity index is 387. The van der Waals surface area contributed by atoms with E-state index < -0.39 is 17.7 Å². The van der Waals surface area contributed by atoms with Gasteiger partial charge in [0.25, 0.3) is 0 Å². The van der Waals surface area contributed by atoms with Crippen LogP contribution in [0.2, 0.25) is 0 Å². The number of nitrogens with zero attached hydrogens (tertiary/aromatic N) is 1. The minimum absolute atomic E-state index is 0.121. The van der Waals surface area contributed by atoms with Crippen LogP contribution in [0.4, 0.5) is 8.78 Å². The molecule has 2 N–H and O–H groups in total. The molecular formula is C9H7BrF2N2. The summed E-state index contributed by atoms with van der Waals surface area (Å²) in [5, 5.41) is 8.36. The summed E-state index contributed by atoms with van der Waals surface area (Å²) in [5.74, 6) is -1.47. The standard InChI is InChI=1S/C9H7BrF2N2/c10-5-1-2-6(11)8(9(5)12)7(14)3-4-13/h1-2,7H,3,14H2/t7-/m1/s1. The Hall–Kier alpha value is -0.990. The first-order valence-corrected chi connectivity index (χ1v) is 4.63. The van der Waals surface area contributed by atoms with E-state index in [1.165, 1.54) is 6.07 Å². The molecule has 0 aliphatic rings. The summed E-state index contributed by atoms with van der Waals surface area (Å²) in [7, 11) is 0. The number of benzene rings is 1. The SMILES string of the molecule is N#CC[C@@H](N)c1c(F)ccc(Br)c1F. The zero-order chi connectivity index (χ0) is 10.7. The third-order valence-electron chi connectivity index (χ3n) is 1.76. The average molecular weight is 261 g/mol. The van der Waals surface area contributed by atoms with Crippen LogP contribution in [0.5, 0.6) is 0 Å². The molecule has 0 bridgehead atoms. The summed E-state index contributed by atoms with van der Waals surface area (Å²) < 4.78 is 26.7. The van der Waals surface area contributed by atoms with Gasteiger partial charge in [-0.3, -0.25) is 0 Å². The smallest absolute Gasteiger partial charge is 0.145 e.